The summed E-state index contributed by atoms with van der Waals surface area (Å²) in [5, 5.41) is 10.3. The van der Waals surface area contributed by atoms with E-state index in [1.54, 1.807) is 0 Å². The minimum absolute atomic E-state index is 0.0845. The number of fused-ring (bicyclic) bond motifs is 2. The minimum Gasteiger partial charge on any atom is -0.326 e. The Kier molecular flexibility index (Phi) is 5.52. The van der Waals surface area contributed by atoms with Crippen molar-refractivity contribution in [1.29, 1.82) is 0 Å². The van der Waals surface area contributed by atoms with Crippen molar-refractivity contribution in [3.63, 3.8) is 0 Å². The molecule has 0 radical (unpaired) electrons. The maximum Gasteiger partial charge on any atom is 0.224 e. The van der Waals surface area contributed by atoms with Crippen molar-refractivity contribution in [2.24, 2.45) is 0 Å². The third kappa shape index (κ3) is 4.79. The number of nitrogens with one attached hydrogen (secondary N) is 2. The Hall–Kier alpha value is -3.66. The van der Waals surface area contributed by atoms with Crippen LogP contribution < -0.4 is 10.6 Å². The standard InChI is InChI=1S/C25H22N2O2/c28-24(26-22-14-12-18-6-1-3-8-20(18)16-22)10-5-11-25(29)27-23-15-13-19-7-2-4-9-21(19)17-23/h1-4,6-9,12-17H,5,10-11H2,(H,26,28)(H,27,29). The first-order valence-corrected chi connectivity index (χ1v) is 9.75. The predicted octanol–water partition coefficient (Wildman–Crippen LogP) is 5.74. The van der Waals surface area contributed by atoms with Gasteiger partial charge in [-0.1, -0.05) is 60.7 Å². The zero-order valence-electron chi connectivity index (χ0n) is 16.0. The highest BCUT2D eigenvalue weighted by molar-refractivity contribution is 5.96. The first kappa shape index (κ1) is 18.7. The molecule has 144 valence electrons. The molecule has 0 aliphatic heterocycles. The monoisotopic (exact) mass is 382 g/mol. The van der Waals surface area contributed by atoms with Gasteiger partial charge in [0.2, 0.25) is 11.8 Å². The van der Waals surface area contributed by atoms with Gasteiger partial charge in [-0.2, -0.15) is 0 Å². The molecule has 4 rings (SSSR count). The van der Waals surface area contributed by atoms with E-state index in [1.807, 2.05) is 84.9 Å². The lowest BCUT2D eigenvalue weighted by atomic mass is 10.1. The lowest BCUT2D eigenvalue weighted by Gasteiger charge is -2.08. The molecule has 2 amide bonds. The van der Waals surface area contributed by atoms with Crippen LogP contribution in [-0.2, 0) is 9.59 Å². The molecule has 0 spiro atoms. The van der Waals surface area contributed by atoms with Gasteiger partial charge < -0.3 is 10.6 Å². The Balaban J connectivity index is 1.26. The molecule has 4 aromatic carbocycles. The summed E-state index contributed by atoms with van der Waals surface area (Å²) in [5.41, 5.74) is 1.55. The van der Waals surface area contributed by atoms with E-state index in [9.17, 15) is 9.59 Å². The zero-order chi connectivity index (χ0) is 20.1. The van der Waals surface area contributed by atoms with E-state index in [2.05, 4.69) is 10.6 Å². The summed E-state index contributed by atoms with van der Waals surface area (Å²) in [7, 11) is 0. The lowest BCUT2D eigenvalue weighted by Crippen LogP contribution is -2.14. The van der Waals surface area contributed by atoms with E-state index in [0.717, 1.165) is 32.9 Å². The van der Waals surface area contributed by atoms with Crippen molar-refractivity contribution >= 4 is 44.7 Å². The summed E-state index contributed by atoms with van der Waals surface area (Å²) in [6.07, 6.45) is 1.11. The number of anilines is 2. The lowest BCUT2D eigenvalue weighted by molar-refractivity contribution is -0.117. The quantitative estimate of drug-likeness (QED) is 0.447. The first-order chi connectivity index (χ1) is 14.2. The van der Waals surface area contributed by atoms with Crippen LogP contribution in [0.3, 0.4) is 0 Å². The predicted molar refractivity (Wildman–Crippen MR) is 119 cm³/mol. The number of amides is 2. The van der Waals surface area contributed by atoms with Crippen molar-refractivity contribution in [3.8, 4) is 0 Å². The van der Waals surface area contributed by atoms with E-state index in [0.29, 0.717) is 19.3 Å². The van der Waals surface area contributed by atoms with Gasteiger partial charge in [0, 0.05) is 24.2 Å². The van der Waals surface area contributed by atoms with Crippen molar-refractivity contribution in [2.75, 3.05) is 10.6 Å². The number of carbonyl (C=O) groups excluding carboxylic acids is 2. The molecule has 0 unspecified atom stereocenters. The van der Waals surface area contributed by atoms with E-state index in [4.69, 9.17) is 0 Å². The van der Waals surface area contributed by atoms with Crippen molar-refractivity contribution in [1.82, 2.24) is 0 Å². The molecule has 0 saturated carbocycles. The Bertz CT molecular complexity index is 1090. The van der Waals surface area contributed by atoms with Gasteiger partial charge in [-0.05, 0) is 52.2 Å². The molecule has 4 aromatic rings. The second-order valence-electron chi connectivity index (χ2n) is 7.07. The van der Waals surface area contributed by atoms with Crippen molar-refractivity contribution in [2.45, 2.75) is 19.3 Å². The van der Waals surface area contributed by atoms with E-state index in [1.165, 1.54) is 0 Å². The van der Waals surface area contributed by atoms with E-state index < -0.39 is 0 Å². The summed E-state index contributed by atoms with van der Waals surface area (Å²) >= 11 is 0. The Labute approximate surface area is 169 Å². The summed E-state index contributed by atoms with van der Waals surface area (Å²) in [4.78, 5) is 24.4. The highest BCUT2D eigenvalue weighted by atomic mass is 16.2. The topological polar surface area (TPSA) is 58.2 Å². The smallest absolute Gasteiger partial charge is 0.224 e. The number of benzene rings is 4. The minimum atomic E-state index is -0.0845. The summed E-state index contributed by atoms with van der Waals surface area (Å²) < 4.78 is 0. The molecule has 0 atom stereocenters. The van der Waals surface area contributed by atoms with Crippen LogP contribution in [0.25, 0.3) is 21.5 Å². The van der Waals surface area contributed by atoms with Crippen LogP contribution in [0.2, 0.25) is 0 Å². The molecule has 0 bridgehead atoms. The fourth-order valence-corrected chi connectivity index (χ4v) is 3.39. The fraction of sp³-hybridized carbons (Fsp3) is 0.120. The Morgan fingerprint density at radius 3 is 1.41 bits per heavy atom. The van der Waals surface area contributed by atoms with Crippen LogP contribution in [0, 0.1) is 0 Å². The van der Waals surface area contributed by atoms with Crippen molar-refractivity contribution < 1.29 is 9.59 Å². The molecule has 0 fully saturated rings. The number of hydrogen-bond acceptors (Lipinski definition) is 2. The van der Waals surface area contributed by atoms with Crippen molar-refractivity contribution in [3.05, 3.63) is 84.9 Å². The van der Waals surface area contributed by atoms with E-state index >= 15 is 0 Å². The average Bonchev–Trinajstić information content (AvgIpc) is 2.73. The normalized spacial score (nSPS) is 10.8. The molecule has 0 heterocycles. The van der Waals surface area contributed by atoms with Crippen LogP contribution in [0.1, 0.15) is 19.3 Å². The van der Waals surface area contributed by atoms with Gasteiger partial charge in [0.05, 0.1) is 0 Å². The second-order valence-corrected chi connectivity index (χ2v) is 7.07. The van der Waals surface area contributed by atoms with Gasteiger partial charge in [-0.3, -0.25) is 9.59 Å². The summed E-state index contributed by atoms with van der Waals surface area (Å²) in [6, 6.07) is 27.7. The SMILES string of the molecule is O=C(CCCC(=O)Nc1ccc2ccccc2c1)Nc1ccc2ccccc2c1. The number of hydrogen-bond donors (Lipinski definition) is 2. The van der Waals surface area contributed by atoms with Crippen LogP contribution in [0.15, 0.2) is 84.9 Å². The summed E-state index contributed by atoms with van der Waals surface area (Å²) in [5.74, 6) is -0.169. The van der Waals surface area contributed by atoms with Crippen LogP contribution in [-0.4, -0.2) is 11.8 Å². The van der Waals surface area contributed by atoms with Gasteiger partial charge in [0.1, 0.15) is 0 Å². The Morgan fingerprint density at radius 2 is 0.966 bits per heavy atom. The zero-order valence-corrected chi connectivity index (χ0v) is 16.0. The van der Waals surface area contributed by atoms with Gasteiger partial charge >= 0.3 is 0 Å². The molecule has 0 aliphatic rings. The Morgan fingerprint density at radius 1 is 0.552 bits per heavy atom. The molecule has 4 nitrogen and oxygen atoms in total. The fourth-order valence-electron chi connectivity index (χ4n) is 3.39. The average molecular weight is 382 g/mol. The molecule has 0 aromatic heterocycles. The van der Waals surface area contributed by atoms with E-state index in [-0.39, 0.29) is 11.8 Å². The highest BCUT2D eigenvalue weighted by Gasteiger charge is 2.07. The number of carbonyl (C=O) groups is 2. The molecular weight excluding hydrogens is 360 g/mol. The molecule has 2 N–H and O–H groups in total. The largest absolute Gasteiger partial charge is 0.326 e. The van der Waals surface area contributed by atoms with Gasteiger partial charge in [0.15, 0.2) is 0 Å². The third-order valence-electron chi connectivity index (χ3n) is 4.87. The highest BCUT2D eigenvalue weighted by Crippen LogP contribution is 2.20. The van der Waals surface area contributed by atoms with Gasteiger partial charge in [-0.15, -0.1) is 0 Å². The molecule has 0 saturated heterocycles. The van der Waals surface area contributed by atoms with Gasteiger partial charge in [0.25, 0.3) is 0 Å². The first-order valence-electron chi connectivity index (χ1n) is 9.75. The molecule has 4 heteroatoms. The molecule has 0 aliphatic carbocycles. The third-order valence-corrected chi connectivity index (χ3v) is 4.87. The number of rotatable bonds is 6. The summed E-state index contributed by atoms with van der Waals surface area (Å²) in [6.45, 7) is 0. The van der Waals surface area contributed by atoms with Gasteiger partial charge in [-0.25, -0.2) is 0 Å². The molecule has 29 heavy (non-hydrogen) atoms. The maximum absolute atomic E-state index is 12.2. The van der Waals surface area contributed by atoms with Crippen LogP contribution >= 0.6 is 0 Å². The second kappa shape index (κ2) is 8.57. The van der Waals surface area contributed by atoms with Crippen LogP contribution in [0.4, 0.5) is 11.4 Å². The van der Waals surface area contributed by atoms with Crippen LogP contribution in [0.5, 0.6) is 0 Å². The molecular formula is C25H22N2O2. The maximum atomic E-state index is 12.2.